The highest BCUT2D eigenvalue weighted by Gasteiger charge is 2.65. The van der Waals surface area contributed by atoms with Crippen molar-refractivity contribution < 1.29 is 19.8 Å². The van der Waals surface area contributed by atoms with Crippen LogP contribution in [0.4, 0.5) is 0 Å². The number of thiocarbonyl (C=S) groups is 1. The molecule has 2 aliphatic rings. The van der Waals surface area contributed by atoms with Crippen molar-refractivity contribution in [2.45, 2.75) is 24.9 Å². The lowest BCUT2D eigenvalue weighted by Crippen LogP contribution is -2.70. The summed E-state index contributed by atoms with van der Waals surface area (Å²) < 4.78 is 0. The summed E-state index contributed by atoms with van der Waals surface area (Å²) in [5.74, 6) is -1.90. The van der Waals surface area contributed by atoms with E-state index in [1.54, 1.807) is 6.92 Å². The van der Waals surface area contributed by atoms with E-state index < -0.39 is 23.5 Å². The lowest BCUT2D eigenvalue weighted by Gasteiger charge is -2.52. The summed E-state index contributed by atoms with van der Waals surface area (Å²) in [6, 6.07) is -0.986. The molecule has 2 heterocycles. The molecule has 82 valence electrons. The highest BCUT2D eigenvalue weighted by molar-refractivity contribution is 7.80. The lowest BCUT2D eigenvalue weighted by molar-refractivity contribution is -0.176. The number of carboxylic acids is 1. The molecule has 0 aromatic rings. The van der Waals surface area contributed by atoms with E-state index >= 15 is 0 Å². The average molecular weight is 229 g/mol. The number of hydrogen-bond acceptors (Lipinski definition) is 4. The van der Waals surface area contributed by atoms with Crippen LogP contribution in [0.3, 0.4) is 0 Å². The number of aliphatic hydroxyl groups is 1. The molecule has 0 aliphatic carbocycles. The molecule has 15 heavy (non-hydrogen) atoms. The number of amides is 1. The second kappa shape index (κ2) is 2.99. The number of fused-ring (bicyclic) bond motifs is 1. The van der Waals surface area contributed by atoms with Gasteiger partial charge in [-0.1, -0.05) is 12.2 Å². The van der Waals surface area contributed by atoms with Gasteiger partial charge in [-0.2, -0.15) is 0 Å². The van der Waals surface area contributed by atoms with Crippen molar-refractivity contribution in [1.82, 2.24) is 4.90 Å². The van der Waals surface area contributed by atoms with Crippen LogP contribution in [-0.4, -0.2) is 50.0 Å². The van der Waals surface area contributed by atoms with Crippen LogP contribution in [0.15, 0.2) is 0 Å². The molecule has 6 heteroatoms. The van der Waals surface area contributed by atoms with Crippen LogP contribution in [0.1, 0.15) is 13.3 Å². The number of aliphatic hydroxyl groups excluding tert-OH is 1. The number of aliphatic carboxylic acids is 1. The lowest BCUT2D eigenvalue weighted by atomic mass is 9.75. The minimum Gasteiger partial charge on any atom is -0.479 e. The minimum atomic E-state index is -1.09. The van der Waals surface area contributed by atoms with Crippen LogP contribution in [0, 0.1) is 5.92 Å². The number of carbonyl (C=O) groups is 2. The monoisotopic (exact) mass is 229 g/mol. The van der Waals surface area contributed by atoms with E-state index in [0.717, 1.165) is 0 Å². The van der Waals surface area contributed by atoms with Gasteiger partial charge in [0.05, 0.1) is 18.1 Å². The van der Waals surface area contributed by atoms with E-state index in [1.807, 2.05) is 0 Å². The maximum atomic E-state index is 11.6. The Morgan fingerprint density at radius 1 is 1.73 bits per heavy atom. The third kappa shape index (κ3) is 1.09. The van der Waals surface area contributed by atoms with Gasteiger partial charge in [0.2, 0.25) is 5.91 Å². The fourth-order valence-electron chi connectivity index (χ4n) is 2.53. The standard InChI is InChI=1S/C9H11NO4S/c1-9-2-5(15)6(8(13)14)10(9)7(12)4(9)3-11/h4,6,11H,2-3H2,1H3,(H,13,14). The molecule has 2 aliphatic heterocycles. The van der Waals surface area contributed by atoms with Crippen molar-refractivity contribution in [3.05, 3.63) is 0 Å². The van der Waals surface area contributed by atoms with E-state index in [-0.39, 0.29) is 12.5 Å². The predicted molar refractivity (Wildman–Crippen MR) is 54.5 cm³/mol. The number of rotatable bonds is 2. The SMILES string of the molecule is CC12CC(=S)C(C(=O)O)N1C(=O)C2CO. The molecule has 0 bridgehead atoms. The van der Waals surface area contributed by atoms with Crippen LogP contribution < -0.4 is 0 Å². The van der Waals surface area contributed by atoms with Gasteiger partial charge in [0.25, 0.3) is 0 Å². The fraction of sp³-hybridized carbons (Fsp3) is 0.667. The molecular formula is C9H11NO4S. The summed E-state index contributed by atoms with van der Waals surface area (Å²) in [6.45, 7) is 1.52. The van der Waals surface area contributed by atoms with Crippen LogP contribution in [-0.2, 0) is 9.59 Å². The Hall–Kier alpha value is -1.01. The second-order valence-corrected chi connectivity index (χ2v) is 4.71. The molecule has 2 fully saturated rings. The number of hydrogen-bond donors (Lipinski definition) is 2. The number of carbonyl (C=O) groups excluding carboxylic acids is 1. The Bertz CT molecular complexity index is 369. The summed E-state index contributed by atoms with van der Waals surface area (Å²) in [4.78, 5) is 24.2. The van der Waals surface area contributed by atoms with E-state index in [4.69, 9.17) is 22.4 Å². The third-order valence-electron chi connectivity index (χ3n) is 3.35. The summed E-state index contributed by atoms with van der Waals surface area (Å²) >= 11 is 4.98. The minimum absolute atomic E-state index is 0.249. The number of β-lactam (4-membered cyclic amide) rings is 1. The number of nitrogens with zero attached hydrogens (tertiary/aromatic N) is 1. The van der Waals surface area contributed by atoms with Crippen molar-refractivity contribution in [3.8, 4) is 0 Å². The highest BCUT2D eigenvalue weighted by Crippen LogP contribution is 2.47. The Balaban J connectivity index is 2.35. The smallest absolute Gasteiger partial charge is 0.331 e. The van der Waals surface area contributed by atoms with Gasteiger partial charge in [-0.25, -0.2) is 4.79 Å². The first-order valence-corrected chi connectivity index (χ1v) is 5.04. The van der Waals surface area contributed by atoms with Crippen LogP contribution in [0.5, 0.6) is 0 Å². The third-order valence-corrected chi connectivity index (χ3v) is 3.72. The van der Waals surface area contributed by atoms with Gasteiger partial charge in [-0.15, -0.1) is 0 Å². The maximum Gasteiger partial charge on any atom is 0.331 e. The first-order chi connectivity index (χ1) is 6.93. The van der Waals surface area contributed by atoms with Gasteiger partial charge in [-0.05, 0) is 6.92 Å². The second-order valence-electron chi connectivity index (χ2n) is 4.18. The molecule has 2 N–H and O–H groups in total. The molecule has 0 aromatic carbocycles. The van der Waals surface area contributed by atoms with Gasteiger partial charge in [0.15, 0.2) is 6.04 Å². The average Bonchev–Trinajstić information content (AvgIpc) is 2.35. The van der Waals surface area contributed by atoms with Gasteiger partial charge in [-0.3, -0.25) is 4.79 Å². The zero-order valence-corrected chi connectivity index (χ0v) is 8.95. The molecule has 3 unspecified atom stereocenters. The summed E-state index contributed by atoms with van der Waals surface area (Å²) in [6.07, 6.45) is 0.385. The van der Waals surface area contributed by atoms with Crippen LogP contribution >= 0.6 is 12.2 Å². The topological polar surface area (TPSA) is 77.8 Å². The van der Waals surface area contributed by atoms with E-state index in [9.17, 15) is 9.59 Å². The van der Waals surface area contributed by atoms with Gasteiger partial charge < -0.3 is 15.1 Å². The molecule has 0 radical (unpaired) electrons. The molecule has 2 saturated heterocycles. The van der Waals surface area contributed by atoms with E-state index in [0.29, 0.717) is 11.3 Å². The van der Waals surface area contributed by atoms with Crippen molar-refractivity contribution in [2.24, 2.45) is 5.92 Å². The van der Waals surface area contributed by atoms with Crippen molar-refractivity contribution in [2.75, 3.05) is 6.61 Å². The first-order valence-electron chi connectivity index (χ1n) is 4.63. The van der Waals surface area contributed by atoms with Gasteiger partial charge in [0.1, 0.15) is 0 Å². The molecule has 3 atom stereocenters. The molecule has 2 rings (SSSR count). The molecule has 1 amide bonds. The molecule has 0 saturated carbocycles. The Kier molecular flexibility index (Phi) is 2.09. The normalized spacial score (nSPS) is 38.9. The van der Waals surface area contributed by atoms with Crippen LogP contribution in [0.2, 0.25) is 0 Å². The van der Waals surface area contributed by atoms with Crippen LogP contribution in [0.25, 0.3) is 0 Å². The summed E-state index contributed by atoms with van der Waals surface area (Å²) in [7, 11) is 0. The van der Waals surface area contributed by atoms with Gasteiger partial charge >= 0.3 is 5.97 Å². The van der Waals surface area contributed by atoms with Gasteiger partial charge in [0, 0.05) is 11.3 Å². The summed E-state index contributed by atoms with van der Waals surface area (Å²) in [5.41, 5.74) is -0.591. The quantitative estimate of drug-likeness (QED) is 0.489. The summed E-state index contributed by atoms with van der Waals surface area (Å²) in [5, 5.41) is 18.0. The Morgan fingerprint density at radius 3 is 2.80 bits per heavy atom. The first kappa shape index (κ1) is 10.5. The number of carboxylic acid groups (broad SMARTS) is 1. The maximum absolute atomic E-state index is 11.6. The Morgan fingerprint density at radius 2 is 2.33 bits per heavy atom. The molecule has 0 spiro atoms. The molecular weight excluding hydrogens is 218 g/mol. The van der Waals surface area contributed by atoms with Crippen molar-refractivity contribution in [1.29, 1.82) is 0 Å². The zero-order valence-electron chi connectivity index (χ0n) is 8.14. The predicted octanol–water partition coefficient (Wildman–Crippen LogP) is -0.577. The van der Waals surface area contributed by atoms with E-state index in [2.05, 4.69) is 0 Å². The Labute approximate surface area is 91.7 Å². The highest BCUT2D eigenvalue weighted by atomic mass is 32.1. The zero-order chi connectivity index (χ0) is 11.4. The van der Waals surface area contributed by atoms with Crippen molar-refractivity contribution in [3.63, 3.8) is 0 Å². The molecule has 5 nitrogen and oxygen atoms in total. The molecule has 0 aromatic heterocycles. The van der Waals surface area contributed by atoms with E-state index in [1.165, 1.54) is 4.90 Å². The largest absolute Gasteiger partial charge is 0.479 e. The van der Waals surface area contributed by atoms with Crippen molar-refractivity contribution >= 4 is 29.0 Å². The fourth-order valence-corrected chi connectivity index (χ4v) is 3.03.